The molecule has 2 heterocycles. The van der Waals surface area contributed by atoms with E-state index in [2.05, 4.69) is 42.2 Å². The first-order valence-corrected chi connectivity index (χ1v) is 13.1. The van der Waals surface area contributed by atoms with Crippen molar-refractivity contribution in [2.45, 2.75) is 27.2 Å². The topological polar surface area (TPSA) is 90.2 Å². The minimum absolute atomic E-state index is 0.360. The number of benzene rings is 2. The molecule has 0 N–H and O–H groups in total. The van der Waals surface area contributed by atoms with E-state index in [4.69, 9.17) is 24.2 Å². The van der Waals surface area contributed by atoms with Crippen LogP contribution in [0.5, 0.6) is 17.2 Å². The van der Waals surface area contributed by atoms with Crippen molar-refractivity contribution < 1.29 is 14.2 Å². The number of hydrogen-bond acceptors (Lipinski definition) is 10. The van der Waals surface area contributed by atoms with Crippen molar-refractivity contribution in [1.82, 2.24) is 15.0 Å². The molecule has 0 radical (unpaired) electrons. The van der Waals surface area contributed by atoms with Gasteiger partial charge in [-0.15, -0.1) is 11.3 Å². The molecule has 0 aliphatic rings. The highest BCUT2D eigenvalue weighted by molar-refractivity contribution is 8.01. The molecule has 35 heavy (non-hydrogen) atoms. The Kier molecular flexibility index (Phi) is 8.13. The van der Waals surface area contributed by atoms with Crippen LogP contribution in [-0.2, 0) is 5.75 Å². The van der Waals surface area contributed by atoms with Gasteiger partial charge in [-0.1, -0.05) is 41.6 Å². The summed E-state index contributed by atoms with van der Waals surface area (Å²) in [5.41, 5.74) is 3.89. The van der Waals surface area contributed by atoms with E-state index < -0.39 is 0 Å². The lowest BCUT2D eigenvalue weighted by atomic mass is 10.1. The zero-order valence-corrected chi connectivity index (χ0v) is 22.0. The van der Waals surface area contributed by atoms with Crippen molar-refractivity contribution in [2.75, 3.05) is 21.3 Å². The number of rotatable bonds is 9. The summed E-state index contributed by atoms with van der Waals surface area (Å²) >= 11 is 4.36. The van der Waals surface area contributed by atoms with E-state index in [0.29, 0.717) is 50.0 Å². The van der Waals surface area contributed by atoms with Crippen LogP contribution in [0.2, 0.25) is 0 Å². The molecule has 2 aromatic heterocycles. The lowest BCUT2D eigenvalue weighted by Gasteiger charge is -2.15. The molecule has 2 aromatic carbocycles. The van der Waals surface area contributed by atoms with Gasteiger partial charge in [0.05, 0.1) is 27.0 Å². The Morgan fingerprint density at radius 3 is 2.29 bits per heavy atom. The molecule has 0 saturated heterocycles. The molecule has 0 unspecified atom stereocenters. The van der Waals surface area contributed by atoms with Gasteiger partial charge in [0.25, 0.3) is 0 Å². The monoisotopic (exact) mass is 522 g/mol. The molecule has 7 nitrogen and oxygen atoms in total. The summed E-state index contributed by atoms with van der Waals surface area (Å²) in [7, 11) is 4.66. The Bertz CT molecular complexity index is 1330. The Labute approximate surface area is 216 Å². The third kappa shape index (κ3) is 5.70. The standard InChI is InChI=1S/C25H22N4O3S3/c1-15-5-7-16(8-6-15)14-34-24-28-21(17-11-19(30-2)22(32-4)20(12-17)31-3)18(13-26)23(29-24)35-25-27-9-10-33-25/h5-12H,14H2,1-4H3. The Morgan fingerprint density at radius 1 is 1.00 bits per heavy atom. The molecule has 0 spiro atoms. The van der Waals surface area contributed by atoms with Gasteiger partial charge in [-0.05, 0) is 36.4 Å². The van der Waals surface area contributed by atoms with E-state index >= 15 is 0 Å². The average molecular weight is 523 g/mol. The third-order valence-electron chi connectivity index (χ3n) is 4.99. The van der Waals surface area contributed by atoms with Crippen molar-refractivity contribution in [2.24, 2.45) is 0 Å². The third-order valence-corrected chi connectivity index (χ3v) is 7.78. The van der Waals surface area contributed by atoms with Crippen LogP contribution in [0.1, 0.15) is 16.7 Å². The summed E-state index contributed by atoms with van der Waals surface area (Å²) in [5, 5.41) is 13.1. The molecule has 178 valence electrons. The summed E-state index contributed by atoms with van der Waals surface area (Å²) in [6.45, 7) is 2.06. The second-order valence-corrected chi connectivity index (χ2v) is 10.3. The molecular weight excluding hydrogens is 501 g/mol. The summed E-state index contributed by atoms with van der Waals surface area (Å²) in [4.78, 5) is 13.9. The van der Waals surface area contributed by atoms with Crippen LogP contribution in [0.4, 0.5) is 0 Å². The molecule has 0 fully saturated rings. The van der Waals surface area contributed by atoms with E-state index in [1.54, 1.807) is 39.7 Å². The number of aryl methyl sites for hydroxylation is 1. The normalized spacial score (nSPS) is 10.6. The number of thioether (sulfide) groups is 1. The first-order valence-electron chi connectivity index (χ1n) is 10.4. The predicted molar refractivity (Wildman–Crippen MR) is 139 cm³/mol. The van der Waals surface area contributed by atoms with Crippen molar-refractivity contribution in [3.8, 4) is 34.6 Å². The Morgan fingerprint density at radius 2 is 1.71 bits per heavy atom. The van der Waals surface area contributed by atoms with Gasteiger partial charge in [-0.2, -0.15) is 5.26 Å². The maximum atomic E-state index is 10.1. The van der Waals surface area contributed by atoms with E-state index in [1.165, 1.54) is 40.4 Å². The van der Waals surface area contributed by atoms with Crippen molar-refractivity contribution >= 4 is 34.9 Å². The highest BCUT2D eigenvalue weighted by Gasteiger charge is 2.22. The van der Waals surface area contributed by atoms with Crippen LogP contribution in [0.15, 0.2) is 62.5 Å². The molecular formula is C25H22N4O3S3. The summed E-state index contributed by atoms with van der Waals surface area (Å²) in [6.07, 6.45) is 1.73. The van der Waals surface area contributed by atoms with Gasteiger partial charge in [0.1, 0.15) is 16.7 Å². The number of hydrogen-bond donors (Lipinski definition) is 0. The Hall–Kier alpha value is -3.26. The molecule has 4 rings (SSSR count). The second-order valence-electron chi connectivity index (χ2n) is 7.24. The van der Waals surface area contributed by atoms with E-state index in [-0.39, 0.29) is 0 Å². The molecule has 0 bridgehead atoms. The first-order chi connectivity index (χ1) is 17.1. The maximum Gasteiger partial charge on any atom is 0.203 e. The smallest absolute Gasteiger partial charge is 0.203 e. The van der Waals surface area contributed by atoms with Gasteiger partial charge in [0.15, 0.2) is 21.0 Å². The van der Waals surface area contributed by atoms with Gasteiger partial charge in [-0.3, -0.25) is 0 Å². The molecule has 0 saturated carbocycles. The highest BCUT2D eigenvalue weighted by atomic mass is 32.2. The van der Waals surface area contributed by atoms with Crippen LogP contribution in [0.3, 0.4) is 0 Å². The van der Waals surface area contributed by atoms with Crippen molar-refractivity contribution in [3.05, 3.63) is 64.7 Å². The lowest BCUT2D eigenvalue weighted by Crippen LogP contribution is -2.01. The number of methoxy groups -OCH3 is 3. The number of thiazole rings is 1. The number of nitrogens with zero attached hydrogens (tertiary/aromatic N) is 4. The number of aromatic nitrogens is 3. The van der Waals surface area contributed by atoms with E-state index in [9.17, 15) is 5.26 Å². The SMILES string of the molecule is COc1cc(-c2nc(SCc3ccc(C)cc3)nc(Sc3nccs3)c2C#N)cc(OC)c1OC. The first kappa shape index (κ1) is 24.9. The fourth-order valence-electron chi connectivity index (χ4n) is 3.26. The maximum absolute atomic E-state index is 10.1. The zero-order chi connectivity index (χ0) is 24.8. The fourth-order valence-corrected chi connectivity index (χ4v) is 5.73. The van der Waals surface area contributed by atoms with Crippen LogP contribution in [-0.4, -0.2) is 36.3 Å². The van der Waals surface area contributed by atoms with Gasteiger partial charge >= 0.3 is 0 Å². The number of nitriles is 1. The highest BCUT2D eigenvalue weighted by Crippen LogP contribution is 2.43. The van der Waals surface area contributed by atoms with E-state index in [0.717, 1.165) is 9.90 Å². The minimum Gasteiger partial charge on any atom is -0.493 e. The molecule has 0 aliphatic heterocycles. The second kappa shape index (κ2) is 11.4. The van der Waals surface area contributed by atoms with Crippen LogP contribution in [0, 0.1) is 18.3 Å². The molecule has 10 heteroatoms. The largest absolute Gasteiger partial charge is 0.493 e. The van der Waals surface area contributed by atoms with Gasteiger partial charge < -0.3 is 14.2 Å². The predicted octanol–water partition coefficient (Wildman–Crippen LogP) is 6.25. The molecule has 4 aromatic rings. The van der Waals surface area contributed by atoms with Gasteiger partial charge in [-0.25, -0.2) is 15.0 Å². The fraction of sp³-hybridized carbons (Fsp3) is 0.200. The lowest BCUT2D eigenvalue weighted by molar-refractivity contribution is 0.324. The van der Waals surface area contributed by atoms with Crippen molar-refractivity contribution in [3.63, 3.8) is 0 Å². The van der Waals surface area contributed by atoms with Crippen LogP contribution in [0.25, 0.3) is 11.3 Å². The number of ether oxygens (including phenoxy) is 3. The summed E-state index contributed by atoms with van der Waals surface area (Å²) in [5.74, 6) is 2.12. The summed E-state index contributed by atoms with van der Waals surface area (Å²) in [6, 6.07) is 14.2. The van der Waals surface area contributed by atoms with E-state index in [1.807, 2.05) is 5.38 Å². The summed E-state index contributed by atoms with van der Waals surface area (Å²) < 4.78 is 17.3. The quantitative estimate of drug-likeness (QED) is 0.144. The minimum atomic E-state index is 0.360. The molecule has 0 atom stereocenters. The average Bonchev–Trinajstić information content (AvgIpc) is 3.40. The zero-order valence-electron chi connectivity index (χ0n) is 19.6. The van der Waals surface area contributed by atoms with Gasteiger partial charge in [0, 0.05) is 22.9 Å². The van der Waals surface area contributed by atoms with Gasteiger partial charge in [0.2, 0.25) is 5.75 Å². The van der Waals surface area contributed by atoms with Crippen LogP contribution >= 0.6 is 34.9 Å². The van der Waals surface area contributed by atoms with Crippen molar-refractivity contribution in [1.29, 1.82) is 5.26 Å². The van der Waals surface area contributed by atoms with Crippen LogP contribution < -0.4 is 14.2 Å². The Balaban J connectivity index is 1.82. The molecule has 0 aliphatic carbocycles. The molecule has 0 amide bonds.